The predicted molar refractivity (Wildman–Crippen MR) is 54.4 cm³/mol. The van der Waals surface area contributed by atoms with Crippen LogP contribution in [0.4, 0.5) is 0 Å². The Morgan fingerprint density at radius 1 is 1.36 bits per heavy atom. The van der Waals surface area contributed by atoms with Gasteiger partial charge in [-0.25, -0.2) is 0 Å². The number of carbonyl (C=O) groups excluding carboxylic acids is 1. The predicted octanol–water partition coefficient (Wildman–Crippen LogP) is 1.22. The summed E-state index contributed by atoms with van der Waals surface area (Å²) in [6.45, 7) is 1.56. The van der Waals surface area contributed by atoms with Gasteiger partial charge in [0, 0.05) is 24.5 Å². The lowest BCUT2D eigenvalue weighted by atomic mass is 10.4. The molecule has 0 saturated carbocycles. The topological polar surface area (TPSA) is 29.1 Å². The molecule has 0 rings (SSSR count). The molecule has 0 aliphatic heterocycles. The van der Waals surface area contributed by atoms with Crippen LogP contribution in [0.5, 0.6) is 0 Å². The van der Waals surface area contributed by atoms with Gasteiger partial charge in [0.1, 0.15) is 0 Å². The molecule has 1 N–H and O–H groups in total. The summed E-state index contributed by atoms with van der Waals surface area (Å²) in [6.07, 6.45) is 4.10. The van der Waals surface area contributed by atoms with Crippen molar-refractivity contribution in [2.45, 2.75) is 13.0 Å². The second kappa shape index (κ2) is 6.85. The van der Waals surface area contributed by atoms with E-state index in [4.69, 9.17) is 0 Å². The van der Waals surface area contributed by atoms with Crippen LogP contribution < -0.4 is 5.32 Å². The van der Waals surface area contributed by atoms with Crippen LogP contribution in [0.1, 0.15) is 6.92 Å². The molecule has 0 aromatic carbocycles. The summed E-state index contributed by atoms with van der Waals surface area (Å²) in [5.41, 5.74) is 0. The highest BCUT2D eigenvalue weighted by Gasteiger charge is 2.06. The molecule has 4 heteroatoms. The van der Waals surface area contributed by atoms with Gasteiger partial charge < -0.3 is 5.32 Å². The third-order valence-electron chi connectivity index (χ3n) is 1.14. The first-order chi connectivity index (χ1) is 5.20. The number of rotatable bonds is 5. The van der Waals surface area contributed by atoms with Gasteiger partial charge in [0.15, 0.2) is 0 Å². The van der Waals surface area contributed by atoms with Crippen molar-refractivity contribution in [1.82, 2.24) is 5.32 Å². The second-order valence-corrected chi connectivity index (χ2v) is 4.13. The van der Waals surface area contributed by atoms with Gasteiger partial charge in [-0.15, -0.1) is 0 Å². The molecular formula is C7H15NOS2. The molecule has 0 atom stereocenters. The summed E-state index contributed by atoms with van der Waals surface area (Å²) in [5, 5.41) is 2.90. The van der Waals surface area contributed by atoms with Crippen molar-refractivity contribution in [2.24, 2.45) is 0 Å². The fourth-order valence-electron chi connectivity index (χ4n) is 0.821. The lowest BCUT2D eigenvalue weighted by molar-refractivity contribution is -0.119. The highest BCUT2D eigenvalue weighted by atomic mass is 32.2. The highest BCUT2D eigenvalue weighted by molar-refractivity contribution is 7.99. The van der Waals surface area contributed by atoms with Gasteiger partial charge in [-0.2, -0.15) is 23.5 Å². The molecule has 11 heavy (non-hydrogen) atoms. The SMILES string of the molecule is CSCC(CSC)NC(C)=O. The lowest BCUT2D eigenvalue weighted by Gasteiger charge is -2.14. The minimum absolute atomic E-state index is 0.0677. The third kappa shape index (κ3) is 6.56. The Morgan fingerprint density at radius 2 is 1.82 bits per heavy atom. The Kier molecular flexibility index (Phi) is 6.96. The van der Waals surface area contributed by atoms with E-state index in [-0.39, 0.29) is 5.91 Å². The fourth-order valence-corrected chi connectivity index (χ4v) is 2.18. The largest absolute Gasteiger partial charge is 0.352 e. The normalized spacial score (nSPS) is 10.2. The molecule has 0 bridgehead atoms. The third-order valence-corrected chi connectivity index (χ3v) is 2.61. The second-order valence-electron chi connectivity index (χ2n) is 2.31. The maximum absolute atomic E-state index is 10.7. The van der Waals surface area contributed by atoms with Crippen molar-refractivity contribution in [1.29, 1.82) is 0 Å². The van der Waals surface area contributed by atoms with Gasteiger partial charge >= 0.3 is 0 Å². The van der Waals surface area contributed by atoms with E-state index in [1.54, 1.807) is 30.4 Å². The van der Waals surface area contributed by atoms with E-state index in [0.29, 0.717) is 6.04 Å². The van der Waals surface area contributed by atoms with Crippen LogP contribution in [0.3, 0.4) is 0 Å². The molecule has 0 spiro atoms. The van der Waals surface area contributed by atoms with Crippen molar-refractivity contribution in [3.8, 4) is 0 Å². The van der Waals surface area contributed by atoms with Crippen molar-refractivity contribution in [2.75, 3.05) is 24.0 Å². The zero-order valence-corrected chi connectivity index (χ0v) is 8.85. The van der Waals surface area contributed by atoms with Crippen molar-refractivity contribution < 1.29 is 4.79 Å². The minimum atomic E-state index is 0.0677. The average Bonchev–Trinajstić information content (AvgIpc) is 1.87. The van der Waals surface area contributed by atoms with Gasteiger partial charge in [-0.05, 0) is 12.5 Å². The van der Waals surface area contributed by atoms with Crippen molar-refractivity contribution >= 4 is 29.4 Å². The molecule has 0 aliphatic carbocycles. The zero-order chi connectivity index (χ0) is 8.69. The number of nitrogens with one attached hydrogen (secondary N) is 1. The fraction of sp³-hybridized carbons (Fsp3) is 0.857. The summed E-state index contributed by atoms with van der Waals surface area (Å²) < 4.78 is 0. The van der Waals surface area contributed by atoms with E-state index in [2.05, 4.69) is 17.8 Å². The van der Waals surface area contributed by atoms with E-state index in [1.807, 2.05) is 0 Å². The Balaban J connectivity index is 3.59. The Morgan fingerprint density at radius 3 is 2.09 bits per heavy atom. The van der Waals surface area contributed by atoms with E-state index in [0.717, 1.165) is 11.5 Å². The molecule has 2 nitrogen and oxygen atoms in total. The maximum Gasteiger partial charge on any atom is 0.217 e. The van der Waals surface area contributed by atoms with Crippen LogP contribution in [0.2, 0.25) is 0 Å². The van der Waals surface area contributed by atoms with Gasteiger partial charge in [0.2, 0.25) is 5.91 Å². The molecule has 0 aromatic heterocycles. The molecule has 0 radical (unpaired) electrons. The van der Waals surface area contributed by atoms with Crippen molar-refractivity contribution in [3.63, 3.8) is 0 Å². The van der Waals surface area contributed by atoms with Gasteiger partial charge in [0.25, 0.3) is 0 Å². The van der Waals surface area contributed by atoms with Crippen LogP contribution in [0.25, 0.3) is 0 Å². The summed E-state index contributed by atoms with van der Waals surface area (Å²) in [5.74, 6) is 2.07. The molecule has 0 fully saturated rings. The summed E-state index contributed by atoms with van der Waals surface area (Å²) in [4.78, 5) is 10.7. The van der Waals surface area contributed by atoms with E-state index in [1.165, 1.54) is 0 Å². The Bertz CT molecular complexity index is 113. The van der Waals surface area contributed by atoms with Crippen LogP contribution in [0.15, 0.2) is 0 Å². The molecule has 0 aromatic rings. The molecular weight excluding hydrogens is 178 g/mol. The Labute approximate surface area is 76.9 Å². The van der Waals surface area contributed by atoms with E-state index in [9.17, 15) is 4.79 Å². The quantitative estimate of drug-likeness (QED) is 0.712. The number of carbonyl (C=O) groups is 1. The van der Waals surface area contributed by atoms with Gasteiger partial charge in [-0.3, -0.25) is 4.79 Å². The number of hydrogen-bond acceptors (Lipinski definition) is 3. The van der Waals surface area contributed by atoms with E-state index >= 15 is 0 Å². The van der Waals surface area contributed by atoms with Gasteiger partial charge in [-0.1, -0.05) is 0 Å². The van der Waals surface area contributed by atoms with Crippen LogP contribution in [0, 0.1) is 0 Å². The summed E-state index contributed by atoms with van der Waals surface area (Å²) in [7, 11) is 0. The molecule has 0 heterocycles. The number of hydrogen-bond donors (Lipinski definition) is 1. The molecule has 0 aliphatic rings. The number of thioether (sulfide) groups is 2. The highest BCUT2D eigenvalue weighted by Crippen LogP contribution is 2.03. The monoisotopic (exact) mass is 193 g/mol. The first kappa shape index (κ1) is 11.2. The standard InChI is InChI=1S/C7H15NOS2/c1-6(9)8-7(4-10-2)5-11-3/h7H,4-5H2,1-3H3,(H,8,9). The van der Waals surface area contributed by atoms with Crippen molar-refractivity contribution in [3.05, 3.63) is 0 Å². The minimum Gasteiger partial charge on any atom is -0.352 e. The average molecular weight is 193 g/mol. The zero-order valence-electron chi connectivity index (χ0n) is 7.22. The Hall–Kier alpha value is 0.170. The van der Waals surface area contributed by atoms with Crippen LogP contribution in [-0.4, -0.2) is 36.0 Å². The van der Waals surface area contributed by atoms with Crippen LogP contribution >= 0.6 is 23.5 Å². The molecule has 0 saturated heterocycles. The summed E-state index contributed by atoms with van der Waals surface area (Å²) >= 11 is 3.53. The molecule has 1 amide bonds. The molecule has 66 valence electrons. The first-order valence-electron chi connectivity index (χ1n) is 3.45. The van der Waals surface area contributed by atoms with Crippen LogP contribution in [-0.2, 0) is 4.79 Å². The molecule has 0 unspecified atom stereocenters. The number of amides is 1. The smallest absolute Gasteiger partial charge is 0.217 e. The maximum atomic E-state index is 10.7. The van der Waals surface area contributed by atoms with E-state index < -0.39 is 0 Å². The van der Waals surface area contributed by atoms with Gasteiger partial charge in [0.05, 0.1) is 0 Å². The first-order valence-corrected chi connectivity index (χ1v) is 6.24. The summed E-state index contributed by atoms with van der Waals surface area (Å²) in [6, 6.07) is 0.331. The lowest BCUT2D eigenvalue weighted by Crippen LogP contribution is -2.36.